The number of anilines is 1. The van der Waals surface area contributed by atoms with Gasteiger partial charge in [-0.25, -0.2) is 4.98 Å². The highest BCUT2D eigenvalue weighted by Gasteiger charge is 2.15. The van der Waals surface area contributed by atoms with E-state index in [0.29, 0.717) is 11.4 Å². The molecule has 0 bridgehead atoms. The molecule has 3 heterocycles. The van der Waals surface area contributed by atoms with Crippen molar-refractivity contribution in [1.82, 2.24) is 19.7 Å². The lowest BCUT2D eigenvalue weighted by atomic mass is 10.2. The lowest BCUT2D eigenvalue weighted by Crippen LogP contribution is -2.15. The summed E-state index contributed by atoms with van der Waals surface area (Å²) in [6.07, 6.45) is 3.16. The largest absolute Gasteiger partial charge is 0.306 e. The van der Waals surface area contributed by atoms with E-state index < -0.39 is 0 Å². The Labute approximate surface area is 148 Å². The number of nitrogens with one attached hydrogen (secondary N) is 1. The van der Waals surface area contributed by atoms with Crippen LogP contribution in [-0.4, -0.2) is 25.7 Å². The number of carbonyl (C=O) groups is 1. The molecule has 0 aliphatic carbocycles. The van der Waals surface area contributed by atoms with Gasteiger partial charge in [0.2, 0.25) is 5.13 Å². The van der Waals surface area contributed by atoms with Crippen molar-refractivity contribution in [2.75, 3.05) is 5.32 Å². The van der Waals surface area contributed by atoms with Crippen LogP contribution in [0.25, 0.3) is 15.3 Å². The van der Waals surface area contributed by atoms with Crippen LogP contribution in [0, 0.1) is 13.8 Å². The van der Waals surface area contributed by atoms with E-state index in [2.05, 4.69) is 33.4 Å². The van der Waals surface area contributed by atoms with Crippen LogP contribution in [0.15, 0.2) is 48.8 Å². The van der Waals surface area contributed by atoms with Crippen LogP contribution in [0.5, 0.6) is 0 Å². The Bertz CT molecular complexity index is 1070. The second-order valence-corrected chi connectivity index (χ2v) is 6.76. The van der Waals surface area contributed by atoms with Gasteiger partial charge in [0.15, 0.2) is 0 Å². The van der Waals surface area contributed by atoms with Gasteiger partial charge in [0.1, 0.15) is 5.82 Å². The van der Waals surface area contributed by atoms with Crippen molar-refractivity contribution < 1.29 is 4.79 Å². The number of hydrogen-bond donors (Lipinski definition) is 1. The Balaban J connectivity index is 1.72. The van der Waals surface area contributed by atoms with Crippen LogP contribution in [0.1, 0.15) is 21.6 Å². The molecule has 3 aromatic heterocycles. The summed E-state index contributed by atoms with van der Waals surface area (Å²) < 4.78 is 2.76. The third kappa shape index (κ3) is 3.01. The summed E-state index contributed by atoms with van der Waals surface area (Å²) in [4.78, 5) is 21.0. The van der Waals surface area contributed by atoms with E-state index in [9.17, 15) is 4.79 Å². The van der Waals surface area contributed by atoms with Crippen LogP contribution < -0.4 is 5.32 Å². The monoisotopic (exact) mass is 349 g/mol. The first-order valence-corrected chi connectivity index (χ1v) is 8.57. The molecule has 4 aromatic rings. The van der Waals surface area contributed by atoms with Crippen molar-refractivity contribution >= 4 is 33.3 Å². The topological polar surface area (TPSA) is 72.7 Å². The molecule has 0 saturated carbocycles. The summed E-state index contributed by atoms with van der Waals surface area (Å²) in [5.74, 6) is 0.355. The molecule has 25 heavy (non-hydrogen) atoms. The standard InChI is InChI=1S/C18H15N5OS/c1-11-5-6-14-15(8-11)25-18(20-14)23-16(9-12(2)22-23)21-17(24)13-4-3-7-19-10-13/h3-10H,1-2H3,(H,21,24). The second kappa shape index (κ2) is 6.10. The highest BCUT2D eigenvalue weighted by atomic mass is 32.1. The van der Waals surface area contributed by atoms with Crippen LogP contribution in [-0.2, 0) is 0 Å². The molecule has 0 radical (unpaired) electrons. The van der Waals surface area contributed by atoms with Gasteiger partial charge in [-0.3, -0.25) is 9.78 Å². The minimum Gasteiger partial charge on any atom is -0.306 e. The number of hydrogen-bond acceptors (Lipinski definition) is 5. The fourth-order valence-corrected chi connectivity index (χ4v) is 3.56. The van der Waals surface area contributed by atoms with Gasteiger partial charge >= 0.3 is 0 Å². The molecule has 4 rings (SSSR count). The first-order valence-electron chi connectivity index (χ1n) is 7.76. The molecule has 1 aromatic carbocycles. The summed E-state index contributed by atoms with van der Waals surface area (Å²) in [6.45, 7) is 3.93. The van der Waals surface area contributed by atoms with Crippen molar-refractivity contribution in [3.63, 3.8) is 0 Å². The normalized spacial score (nSPS) is 11.0. The number of amides is 1. The summed E-state index contributed by atoms with van der Waals surface area (Å²) in [7, 11) is 0. The van der Waals surface area contributed by atoms with E-state index in [1.807, 2.05) is 25.1 Å². The van der Waals surface area contributed by atoms with Crippen molar-refractivity contribution in [2.45, 2.75) is 13.8 Å². The maximum atomic E-state index is 12.4. The quantitative estimate of drug-likeness (QED) is 0.611. The number of nitrogens with zero attached hydrogens (tertiary/aromatic N) is 4. The fourth-order valence-electron chi connectivity index (χ4n) is 2.53. The zero-order valence-corrected chi connectivity index (χ0v) is 14.5. The molecule has 0 spiro atoms. The Morgan fingerprint density at radius 3 is 2.88 bits per heavy atom. The zero-order valence-electron chi connectivity index (χ0n) is 13.7. The van der Waals surface area contributed by atoms with Crippen LogP contribution in [0.4, 0.5) is 5.82 Å². The molecule has 7 heteroatoms. The number of pyridine rings is 1. The van der Waals surface area contributed by atoms with Gasteiger partial charge in [-0.2, -0.15) is 9.78 Å². The third-order valence-electron chi connectivity index (χ3n) is 3.71. The smallest absolute Gasteiger partial charge is 0.258 e. The van der Waals surface area contributed by atoms with E-state index in [1.165, 1.54) is 11.8 Å². The first kappa shape index (κ1) is 15.5. The Morgan fingerprint density at radius 2 is 2.08 bits per heavy atom. The fraction of sp³-hybridized carbons (Fsp3) is 0.111. The van der Waals surface area contributed by atoms with E-state index in [-0.39, 0.29) is 5.91 Å². The molecule has 1 amide bonds. The number of benzene rings is 1. The van der Waals surface area contributed by atoms with Gasteiger partial charge < -0.3 is 5.32 Å². The summed E-state index contributed by atoms with van der Waals surface area (Å²) in [6, 6.07) is 11.4. The number of rotatable bonds is 3. The average molecular weight is 349 g/mol. The summed E-state index contributed by atoms with van der Waals surface area (Å²) in [5, 5.41) is 8.09. The van der Waals surface area contributed by atoms with Crippen LogP contribution >= 0.6 is 11.3 Å². The maximum Gasteiger partial charge on any atom is 0.258 e. The molecular weight excluding hydrogens is 334 g/mol. The molecule has 0 aliphatic heterocycles. The molecule has 6 nitrogen and oxygen atoms in total. The Hall–Kier alpha value is -3.06. The van der Waals surface area contributed by atoms with Crippen LogP contribution in [0.3, 0.4) is 0 Å². The van der Waals surface area contributed by atoms with E-state index in [0.717, 1.165) is 21.0 Å². The van der Waals surface area contributed by atoms with E-state index in [4.69, 9.17) is 0 Å². The van der Waals surface area contributed by atoms with Gasteiger partial charge in [-0.15, -0.1) is 0 Å². The highest BCUT2D eigenvalue weighted by Crippen LogP contribution is 2.28. The van der Waals surface area contributed by atoms with E-state index in [1.54, 1.807) is 34.3 Å². The minimum absolute atomic E-state index is 0.230. The van der Waals surface area contributed by atoms with Gasteiger partial charge in [-0.05, 0) is 43.7 Å². The first-order chi connectivity index (χ1) is 12.1. The van der Waals surface area contributed by atoms with Crippen molar-refractivity contribution in [3.8, 4) is 5.13 Å². The molecule has 0 saturated heterocycles. The summed E-state index contributed by atoms with van der Waals surface area (Å²) >= 11 is 1.54. The van der Waals surface area contributed by atoms with Gasteiger partial charge in [0.25, 0.3) is 5.91 Å². The molecular formula is C18H15N5OS. The molecule has 0 aliphatic rings. The highest BCUT2D eigenvalue weighted by molar-refractivity contribution is 7.20. The number of aromatic nitrogens is 4. The lowest BCUT2D eigenvalue weighted by Gasteiger charge is -2.06. The van der Waals surface area contributed by atoms with Gasteiger partial charge in [0, 0.05) is 18.5 Å². The molecule has 0 unspecified atom stereocenters. The number of carbonyl (C=O) groups excluding carboxylic acids is 1. The van der Waals surface area contributed by atoms with Crippen molar-refractivity contribution in [2.24, 2.45) is 0 Å². The third-order valence-corrected chi connectivity index (χ3v) is 4.70. The van der Waals surface area contributed by atoms with E-state index >= 15 is 0 Å². The van der Waals surface area contributed by atoms with Crippen LogP contribution in [0.2, 0.25) is 0 Å². The maximum absolute atomic E-state index is 12.4. The number of fused-ring (bicyclic) bond motifs is 1. The Kier molecular flexibility index (Phi) is 3.77. The van der Waals surface area contributed by atoms with Crippen molar-refractivity contribution in [1.29, 1.82) is 0 Å². The van der Waals surface area contributed by atoms with Crippen molar-refractivity contribution in [3.05, 3.63) is 65.6 Å². The second-order valence-electron chi connectivity index (χ2n) is 5.75. The molecule has 0 atom stereocenters. The number of thiazole rings is 1. The summed E-state index contributed by atoms with van der Waals surface area (Å²) in [5.41, 5.74) is 3.40. The lowest BCUT2D eigenvalue weighted by molar-refractivity contribution is 0.102. The van der Waals surface area contributed by atoms with Gasteiger partial charge in [-0.1, -0.05) is 17.4 Å². The SMILES string of the molecule is Cc1ccc2nc(-n3nc(C)cc3NC(=O)c3cccnc3)sc2c1. The van der Waals surface area contributed by atoms with Gasteiger partial charge in [0.05, 0.1) is 21.5 Å². The number of aryl methyl sites for hydroxylation is 2. The average Bonchev–Trinajstić information content (AvgIpc) is 3.18. The molecule has 1 N–H and O–H groups in total. The molecule has 0 fully saturated rings. The predicted octanol–water partition coefficient (Wildman–Crippen LogP) is 3.75. The molecule has 124 valence electrons. The zero-order chi connectivity index (χ0) is 17.4. The minimum atomic E-state index is -0.230. The predicted molar refractivity (Wildman–Crippen MR) is 98.4 cm³/mol. The Morgan fingerprint density at radius 1 is 1.20 bits per heavy atom.